The summed E-state index contributed by atoms with van der Waals surface area (Å²) < 4.78 is 4.75. The standard InChI is InChI=1S/C11H10ClN3O2/c1-7-2-3-8(12)6-9(7)14-11(16)15-10-4-5-13-17-10/h2-6H,1H3,(H2,14,15,16). The molecule has 0 radical (unpaired) electrons. The number of amides is 2. The molecular weight excluding hydrogens is 242 g/mol. The zero-order chi connectivity index (χ0) is 12.3. The molecule has 1 heterocycles. The van der Waals surface area contributed by atoms with E-state index in [9.17, 15) is 4.79 Å². The van der Waals surface area contributed by atoms with Gasteiger partial charge in [0.25, 0.3) is 0 Å². The third kappa shape index (κ3) is 2.98. The first-order valence-electron chi connectivity index (χ1n) is 4.90. The molecule has 6 heteroatoms. The minimum Gasteiger partial charge on any atom is -0.338 e. The summed E-state index contributed by atoms with van der Waals surface area (Å²) in [6.07, 6.45) is 1.44. The Labute approximate surface area is 103 Å². The molecule has 0 saturated carbocycles. The molecule has 0 atom stereocenters. The molecule has 1 aromatic carbocycles. The van der Waals surface area contributed by atoms with Crippen molar-refractivity contribution in [1.82, 2.24) is 5.16 Å². The summed E-state index contributed by atoms with van der Waals surface area (Å²) in [5.41, 5.74) is 1.57. The van der Waals surface area contributed by atoms with E-state index in [-0.39, 0.29) is 5.88 Å². The molecule has 17 heavy (non-hydrogen) atoms. The minimum atomic E-state index is -0.410. The van der Waals surface area contributed by atoms with E-state index in [1.165, 1.54) is 6.20 Å². The van der Waals surface area contributed by atoms with Crippen LogP contribution >= 0.6 is 11.6 Å². The molecule has 0 bridgehead atoms. The van der Waals surface area contributed by atoms with E-state index < -0.39 is 6.03 Å². The van der Waals surface area contributed by atoms with Gasteiger partial charge in [0.05, 0.1) is 6.20 Å². The van der Waals surface area contributed by atoms with Gasteiger partial charge < -0.3 is 9.84 Å². The lowest BCUT2D eigenvalue weighted by molar-refractivity contribution is 0.261. The number of nitrogens with one attached hydrogen (secondary N) is 2. The van der Waals surface area contributed by atoms with Gasteiger partial charge in [0, 0.05) is 16.8 Å². The number of aromatic nitrogens is 1. The number of carbonyl (C=O) groups excluding carboxylic acids is 1. The second-order valence-corrected chi connectivity index (χ2v) is 3.85. The van der Waals surface area contributed by atoms with Crippen molar-refractivity contribution in [3.05, 3.63) is 41.0 Å². The van der Waals surface area contributed by atoms with Crippen LogP contribution in [0, 0.1) is 6.92 Å². The van der Waals surface area contributed by atoms with Gasteiger partial charge in [-0.1, -0.05) is 22.8 Å². The molecule has 2 N–H and O–H groups in total. The molecule has 0 spiro atoms. The van der Waals surface area contributed by atoms with Gasteiger partial charge in [-0.15, -0.1) is 0 Å². The summed E-state index contributed by atoms with van der Waals surface area (Å²) in [6.45, 7) is 1.88. The van der Waals surface area contributed by atoms with Gasteiger partial charge >= 0.3 is 6.03 Å². The van der Waals surface area contributed by atoms with Crippen molar-refractivity contribution in [2.24, 2.45) is 0 Å². The van der Waals surface area contributed by atoms with Crippen molar-refractivity contribution in [1.29, 1.82) is 0 Å². The van der Waals surface area contributed by atoms with Gasteiger partial charge in [-0.3, -0.25) is 5.32 Å². The molecule has 1 aromatic heterocycles. The predicted molar refractivity (Wildman–Crippen MR) is 65.3 cm³/mol. The molecule has 2 rings (SSSR count). The number of urea groups is 1. The first kappa shape index (κ1) is 11.5. The van der Waals surface area contributed by atoms with Crippen LogP contribution in [0.3, 0.4) is 0 Å². The van der Waals surface area contributed by atoms with Gasteiger partial charge in [-0.25, -0.2) is 4.79 Å². The lowest BCUT2D eigenvalue weighted by Gasteiger charge is -2.08. The van der Waals surface area contributed by atoms with Crippen molar-refractivity contribution < 1.29 is 9.32 Å². The summed E-state index contributed by atoms with van der Waals surface area (Å²) in [4.78, 5) is 11.6. The van der Waals surface area contributed by atoms with E-state index in [1.807, 2.05) is 13.0 Å². The Morgan fingerprint density at radius 3 is 2.88 bits per heavy atom. The Kier molecular flexibility index (Phi) is 3.30. The highest BCUT2D eigenvalue weighted by Crippen LogP contribution is 2.20. The van der Waals surface area contributed by atoms with Crippen LogP contribution in [0.15, 0.2) is 35.0 Å². The number of halogens is 1. The lowest BCUT2D eigenvalue weighted by atomic mass is 10.2. The van der Waals surface area contributed by atoms with Crippen LogP contribution in [0.2, 0.25) is 5.02 Å². The first-order valence-corrected chi connectivity index (χ1v) is 5.28. The first-order chi connectivity index (χ1) is 8.15. The number of rotatable bonds is 2. The average Bonchev–Trinajstić information content (AvgIpc) is 2.76. The summed E-state index contributed by atoms with van der Waals surface area (Å²) >= 11 is 5.84. The predicted octanol–water partition coefficient (Wildman–Crippen LogP) is 3.28. The van der Waals surface area contributed by atoms with E-state index >= 15 is 0 Å². The number of hydrogen-bond donors (Lipinski definition) is 2. The van der Waals surface area contributed by atoms with Crippen molar-refractivity contribution in [2.45, 2.75) is 6.92 Å². The van der Waals surface area contributed by atoms with E-state index in [0.717, 1.165) is 5.56 Å². The molecule has 0 aliphatic rings. The lowest BCUT2D eigenvalue weighted by Crippen LogP contribution is -2.19. The largest absolute Gasteiger partial charge is 0.338 e. The zero-order valence-electron chi connectivity index (χ0n) is 9.03. The molecule has 0 fully saturated rings. The van der Waals surface area contributed by atoms with Gasteiger partial charge in [-0.2, -0.15) is 0 Å². The van der Waals surface area contributed by atoms with Crippen LogP contribution in [-0.4, -0.2) is 11.2 Å². The second-order valence-electron chi connectivity index (χ2n) is 3.42. The van der Waals surface area contributed by atoms with Crippen LogP contribution in [0.1, 0.15) is 5.56 Å². The molecule has 0 unspecified atom stereocenters. The van der Waals surface area contributed by atoms with E-state index in [4.69, 9.17) is 16.1 Å². The molecule has 5 nitrogen and oxygen atoms in total. The van der Waals surface area contributed by atoms with Crippen LogP contribution in [0.5, 0.6) is 0 Å². The minimum absolute atomic E-state index is 0.280. The fourth-order valence-corrected chi connectivity index (χ4v) is 1.45. The molecule has 0 aliphatic heterocycles. The fraction of sp³-hybridized carbons (Fsp3) is 0.0909. The fourth-order valence-electron chi connectivity index (χ4n) is 1.27. The highest BCUT2D eigenvalue weighted by atomic mass is 35.5. The maximum Gasteiger partial charge on any atom is 0.326 e. The maximum absolute atomic E-state index is 11.6. The molecule has 0 saturated heterocycles. The molecular formula is C11H10ClN3O2. The third-order valence-electron chi connectivity index (χ3n) is 2.12. The highest BCUT2D eigenvalue weighted by Gasteiger charge is 2.07. The second kappa shape index (κ2) is 4.88. The van der Waals surface area contributed by atoms with Gasteiger partial charge in [0.15, 0.2) is 0 Å². The van der Waals surface area contributed by atoms with Crippen molar-refractivity contribution in [3.8, 4) is 0 Å². The smallest absolute Gasteiger partial charge is 0.326 e. The number of anilines is 2. The number of hydrogen-bond acceptors (Lipinski definition) is 3. The Bertz CT molecular complexity index is 526. The maximum atomic E-state index is 11.6. The molecule has 2 amide bonds. The van der Waals surface area contributed by atoms with Crippen molar-refractivity contribution in [2.75, 3.05) is 10.6 Å². The molecule has 0 aliphatic carbocycles. The highest BCUT2D eigenvalue weighted by molar-refractivity contribution is 6.31. The van der Waals surface area contributed by atoms with E-state index in [0.29, 0.717) is 10.7 Å². The van der Waals surface area contributed by atoms with E-state index in [2.05, 4.69) is 15.8 Å². The normalized spacial score (nSPS) is 10.0. The summed E-state index contributed by atoms with van der Waals surface area (Å²) in [7, 11) is 0. The quantitative estimate of drug-likeness (QED) is 0.861. The SMILES string of the molecule is Cc1ccc(Cl)cc1NC(=O)Nc1ccno1. The summed E-state index contributed by atoms with van der Waals surface area (Å²) in [5.74, 6) is 0.280. The Hall–Kier alpha value is -2.01. The molecule has 88 valence electrons. The van der Waals surface area contributed by atoms with E-state index in [1.54, 1.807) is 18.2 Å². The third-order valence-corrected chi connectivity index (χ3v) is 2.36. The van der Waals surface area contributed by atoms with Gasteiger partial charge in [0.1, 0.15) is 0 Å². The van der Waals surface area contributed by atoms with Crippen molar-refractivity contribution >= 4 is 29.2 Å². The van der Waals surface area contributed by atoms with Gasteiger partial charge in [0.2, 0.25) is 5.88 Å². The monoisotopic (exact) mass is 251 g/mol. The Morgan fingerprint density at radius 2 is 2.18 bits per heavy atom. The van der Waals surface area contributed by atoms with Crippen LogP contribution < -0.4 is 10.6 Å². The zero-order valence-corrected chi connectivity index (χ0v) is 9.78. The Balaban J connectivity index is 2.05. The van der Waals surface area contributed by atoms with Crippen LogP contribution in [0.25, 0.3) is 0 Å². The summed E-state index contributed by atoms with van der Waals surface area (Å²) in [6, 6.07) is 6.40. The Morgan fingerprint density at radius 1 is 1.35 bits per heavy atom. The topological polar surface area (TPSA) is 67.2 Å². The average molecular weight is 252 g/mol. The van der Waals surface area contributed by atoms with Crippen LogP contribution in [-0.2, 0) is 0 Å². The molecule has 2 aromatic rings. The van der Waals surface area contributed by atoms with Crippen LogP contribution in [0.4, 0.5) is 16.4 Å². The number of aryl methyl sites for hydroxylation is 1. The summed E-state index contributed by atoms with van der Waals surface area (Å²) in [5, 5.41) is 9.20. The number of benzene rings is 1. The van der Waals surface area contributed by atoms with Crippen molar-refractivity contribution in [3.63, 3.8) is 0 Å². The number of carbonyl (C=O) groups is 1. The van der Waals surface area contributed by atoms with Gasteiger partial charge in [-0.05, 0) is 24.6 Å². The number of nitrogens with zero attached hydrogens (tertiary/aromatic N) is 1.